The Labute approximate surface area is 115 Å². The van der Waals surface area contributed by atoms with Gasteiger partial charge in [-0.3, -0.25) is 14.9 Å². The SMILES string of the molecule is CCOc1ccc(NC(=O)C(F)(F)C(F)F)c([N+](=O)[O-])c1. The highest BCUT2D eigenvalue weighted by molar-refractivity contribution is 5.98. The van der Waals surface area contributed by atoms with Crippen molar-refractivity contribution in [2.45, 2.75) is 19.3 Å². The molecular formula is C11H10F4N2O4. The molecule has 0 aliphatic carbocycles. The molecule has 0 radical (unpaired) electrons. The Morgan fingerprint density at radius 2 is 2.10 bits per heavy atom. The quantitative estimate of drug-likeness (QED) is 0.497. The van der Waals surface area contributed by atoms with Crippen molar-refractivity contribution in [3.8, 4) is 5.75 Å². The van der Waals surface area contributed by atoms with E-state index >= 15 is 0 Å². The summed E-state index contributed by atoms with van der Waals surface area (Å²) in [4.78, 5) is 20.9. The van der Waals surface area contributed by atoms with E-state index in [9.17, 15) is 32.5 Å². The summed E-state index contributed by atoms with van der Waals surface area (Å²) in [6, 6.07) is 2.98. The Morgan fingerprint density at radius 1 is 1.48 bits per heavy atom. The number of ether oxygens (including phenoxy) is 1. The summed E-state index contributed by atoms with van der Waals surface area (Å²) in [6.45, 7) is 1.82. The molecule has 10 heteroatoms. The number of nitro groups is 1. The number of carbonyl (C=O) groups excluding carboxylic acids is 1. The lowest BCUT2D eigenvalue weighted by Gasteiger charge is -2.15. The van der Waals surface area contributed by atoms with E-state index in [2.05, 4.69) is 0 Å². The predicted molar refractivity (Wildman–Crippen MR) is 63.8 cm³/mol. The van der Waals surface area contributed by atoms with Gasteiger partial charge >= 0.3 is 18.3 Å². The molecule has 1 amide bonds. The van der Waals surface area contributed by atoms with Gasteiger partial charge in [-0.05, 0) is 19.1 Å². The second kappa shape index (κ2) is 6.37. The van der Waals surface area contributed by atoms with Crippen LogP contribution in [0.2, 0.25) is 0 Å². The van der Waals surface area contributed by atoms with E-state index in [1.54, 1.807) is 6.92 Å². The van der Waals surface area contributed by atoms with Crippen LogP contribution in [0.1, 0.15) is 6.92 Å². The van der Waals surface area contributed by atoms with Crippen molar-refractivity contribution >= 4 is 17.3 Å². The van der Waals surface area contributed by atoms with Gasteiger partial charge in [0.2, 0.25) is 0 Å². The molecule has 0 spiro atoms. The second-order valence-electron chi connectivity index (χ2n) is 3.75. The highest BCUT2D eigenvalue weighted by atomic mass is 19.3. The van der Waals surface area contributed by atoms with Crippen molar-refractivity contribution in [2.75, 3.05) is 11.9 Å². The monoisotopic (exact) mass is 310 g/mol. The Kier molecular flexibility index (Phi) is 5.06. The lowest BCUT2D eigenvalue weighted by molar-refractivity contribution is -0.384. The molecule has 0 saturated carbocycles. The van der Waals surface area contributed by atoms with Gasteiger partial charge in [-0.25, -0.2) is 8.78 Å². The molecule has 116 valence electrons. The fraction of sp³-hybridized carbons (Fsp3) is 0.364. The fourth-order valence-electron chi connectivity index (χ4n) is 1.33. The number of hydrogen-bond donors (Lipinski definition) is 1. The van der Waals surface area contributed by atoms with Crippen LogP contribution in [0.4, 0.5) is 28.9 Å². The first-order valence-corrected chi connectivity index (χ1v) is 5.58. The Hall–Kier alpha value is -2.39. The molecule has 1 N–H and O–H groups in total. The zero-order valence-electron chi connectivity index (χ0n) is 10.6. The molecule has 0 bridgehead atoms. The molecule has 0 heterocycles. The maximum atomic E-state index is 12.8. The topological polar surface area (TPSA) is 81.5 Å². The van der Waals surface area contributed by atoms with Crippen molar-refractivity contribution < 1.29 is 32.0 Å². The van der Waals surface area contributed by atoms with E-state index in [0.29, 0.717) is 0 Å². The van der Waals surface area contributed by atoms with Crippen molar-refractivity contribution in [3.05, 3.63) is 28.3 Å². The number of carbonyl (C=O) groups is 1. The van der Waals surface area contributed by atoms with Gasteiger partial charge < -0.3 is 10.1 Å². The first kappa shape index (κ1) is 16.7. The number of amides is 1. The predicted octanol–water partition coefficient (Wildman–Crippen LogP) is 2.83. The van der Waals surface area contributed by atoms with Crippen molar-refractivity contribution in [1.82, 2.24) is 0 Å². The van der Waals surface area contributed by atoms with Crippen LogP contribution in [-0.2, 0) is 4.79 Å². The molecule has 0 saturated heterocycles. The maximum absolute atomic E-state index is 12.8. The van der Waals surface area contributed by atoms with E-state index in [1.807, 2.05) is 0 Å². The third-order valence-electron chi connectivity index (χ3n) is 2.30. The van der Waals surface area contributed by atoms with Gasteiger partial charge in [-0.1, -0.05) is 0 Å². The summed E-state index contributed by atoms with van der Waals surface area (Å²) in [5.74, 6) is -7.21. The molecule has 1 rings (SSSR count). The van der Waals surface area contributed by atoms with Crippen molar-refractivity contribution in [2.24, 2.45) is 0 Å². The lowest BCUT2D eigenvalue weighted by Crippen LogP contribution is -2.41. The highest BCUT2D eigenvalue weighted by Gasteiger charge is 2.49. The normalized spacial score (nSPS) is 11.3. The van der Waals surface area contributed by atoms with Crippen LogP contribution < -0.4 is 10.1 Å². The van der Waals surface area contributed by atoms with Crippen LogP contribution in [0.15, 0.2) is 18.2 Å². The third-order valence-corrected chi connectivity index (χ3v) is 2.30. The number of halogens is 4. The van der Waals surface area contributed by atoms with Gasteiger partial charge in [-0.15, -0.1) is 0 Å². The molecule has 6 nitrogen and oxygen atoms in total. The maximum Gasteiger partial charge on any atom is 0.383 e. The van der Waals surface area contributed by atoms with E-state index in [1.165, 1.54) is 11.4 Å². The molecular weight excluding hydrogens is 300 g/mol. The summed E-state index contributed by atoms with van der Waals surface area (Å²) in [6.07, 6.45) is -4.22. The van der Waals surface area contributed by atoms with Gasteiger partial charge in [-0.2, -0.15) is 8.78 Å². The summed E-state index contributed by atoms with van der Waals surface area (Å²) in [5, 5.41) is 12.2. The van der Waals surface area contributed by atoms with Gasteiger partial charge in [0.15, 0.2) is 0 Å². The minimum atomic E-state index is -4.95. The number of anilines is 1. The second-order valence-corrected chi connectivity index (χ2v) is 3.75. The molecule has 0 fully saturated rings. The van der Waals surface area contributed by atoms with Crippen LogP contribution in [0.5, 0.6) is 5.75 Å². The average Bonchev–Trinajstić information content (AvgIpc) is 2.40. The minimum absolute atomic E-state index is 0.0721. The van der Waals surface area contributed by atoms with Gasteiger partial charge in [0.1, 0.15) is 11.4 Å². The summed E-state index contributed by atoms with van der Waals surface area (Å²) < 4.78 is 54.6. The number of nitrogens with zero attached hydrogens (tertiary/aromatic N) is 1. The highest BCUT2D eigenvalue weighted by Crippen LogP contribution is 2.31. The molecule has 21 heavy (non-hydrogen) atoms. The van der Waals surface area contributed by atoms with Gasteiger partial charge in [0.25, 0.3) is 5.69 Å². The van der Waals surface area contributed by atoms with Crippen LogP contribution >= 0.6 is 0 Å². The molecule has 1 aromatic rings. The Morgan fingerprint density at radius 3 is 2.57 bits per heavy atom. The zero-order valence-corrected chi connectivity index (χ0v) is 10.6. The number of rotatable bonds is 6. The summed E-state index contributed by atoms with van der Waals surface area (Å²) in [7, 11) is 0. The number of nitro benzene ring substituents is 1. The number of alkyl halides is 4. The van der Waals surface area contributed by atoms with E-state index in [4.69, 9.17) is 4.74 Å². The fourth-order valence-corrected chi connectivity index (χ4v) is 1.33. The lowest BCUT2D eigenvalue weighted by atomic mass is 10.2. The van der Waals surface area contributed by atoms with Crippen LogP contribution in [-0.4, -0.2) is 29.8 Å². The molecule has 1 aromatic carbocycles. The third kappa shape index (κ3) is 3.80. The van der Waals surface area contributed by atoms with E-state index in [-0.39, 0.29) is 12.4 Å². The number of hydrogen-bond acceptors (Lipinski definition) is 4. The molecule has 0 aromatic heterocycles. The van der Waals surface area contributed by atoms with E-state index < -0.39 is 34.6 Å². The number of nitrogens with one attached hydrogen (secondary N) is 1. The molecule has 0 aliphatic heterocycles. The smallest absolute Gasteiger partial charge is 0.383 e. The van der Waals surface area contributed by atoms with Gasteiger partial charge in [0, 0.05) is 0 Å². The zero-order chi connectivity index (χ0) is 16.2. The van der Waals surface area contributed by atoms with E-state index in [0.717, 1.165) is 12.1 Å². The van der Waals surface area contributed by atoms with Gasteiger partial charge in [0.05, 0.1) is 17.6 Å². The summed E-state index contributed by atoms with van der Waals surface area (Å²) in [5.41, 5.74) is -1.38. The molecule has 0 unspecified atom stereocenters. The van der Waals surface area contributed by atoms with Crippen molar-refractivity contribution in [3.63, 3.8) is 0 Å². The Balaban J connectivity index is 3.08. The first-order chi connectivity index (χ1) is 9.70. The summed E-state index contributed by atoms with van der Waals surface area (Å²) >= 11 is 0. The average molecular weight is 310 g/mol. The standard InChI is InChI=1S/C11H10F4N2O4/c1-2-21-6-3-4-7(8(5-6)17(19)20)16-10(18)11(14,15)9(12)13/h3-5,9H,2H2,1H3,(H,16,18). The largest absolute Gasteiger partial charge is 0.494 e. The minimum Gasteiger partial charge on any atom is -0.494 e. The van der Waals surface area contributed by atoms with Crippen molar-refractivity contribution in [1.29, 1.82) is 0 Å². The molecule has 0 aliphatic rings. The van der Waals surface area contributed by atoms with Crippen LogP contribution in [0.25, 0.3) is 0 Å². The Bertz CT molecular complexity index is 551. The number of benzene rings is 1. The van der Waals surface area contributed by atoms with Crippen LogP contribution in [0, 0.1) is 10.1 Å². The molecule has 0 atom stereocenters. The van der Waals surface area contributed by atoms with Crippen LogP contribution in [0.3, 0.4) is 0 Å². The first-order valence-electron chi connectivity index (χ1n) is 5.58.